The van der Waals surface area contributed by atoms with Crippen LogP contribution in [-0.2, 0) is 4.79 Å². The van der Waals surface area contributed by atoms with E-state index in [1.807, 2.05) is 0 Å². The zero-order valence-electron chi connectivity index (χ0n) is 15.5. The number of carbonyl (C=O) groups excluding carboxylic acids is 1. The summed E-state index contributed by atoms with van der Waals surface area (Å²) in [6.07, 6.45) is 13.6. The second-order valence-corrected chi connectivity index (χ2v) is 10.0. The summed E-state index contributed by atoms with van der Waals surface area (Å²) in [4.78, 5) is 12.6. The molecule has 24 heavy (non-hydrogen) atoms. The number of ketones is 1. The average Bonchev–Trinajstić information content (AvgIpc) is 2.78. The van der Waals surface area contributed by atoms with Crippen molar-refractivity contribution in [1.82, 2.24) is 0 Å². The third-order valence-corrected chi connectivity index (χ3v) is 9.00. The fraction of sp³-hybridized carbons (Fsp3) is 0.864. The molecule has 0 aromatic heterocycles. The van der Waals surface area contributed by atoms with Gasteiger partial charge in [0.05, 0.1) is 0 Å². The van der Waals surface area contributed by atoms with Gasteiger partial charge >= 0.3 is 0 Å². The van der Waals surface area contributed by atoms with Crippen molar-refractivity contribution in [3.63, 3.8) is 0 Å². The minimum absolute atomic E-state index is 0.0575. The van der Waals surface area contributed by atoms with Crippen LogP contribution in [0.2, 0.25) is 0 Å². The molecule has 4 fully saturated rings. The first kappa shape index (κ1) is 16.6. The Labute approximate surface area is 146 Å². The summed E-state index contributed by atoms with van der Waals surface area (Å²) in [5.41, 5.74) is -0.631. The van der Waals surface area contributed by atoms with Gasteiger partial charge in [-0.1, -0.05) is 26.7 Å². The van der Waals surface area contributed by atoms with Crippen LogP contribution < -0.4 is 0 Å². The van der Waals surface area contributed by atoms with Gasteiger partial charge in [-0.2, -0.15) is 0 Å². The fourth-order valence-corrected chi connectivity index (χ4v) is 7.65. The van der Waals surface area contributed by atoms with Crippen LogP contribution >= 0.6 is 0 Å². The highest BCUT2D eigenvalue weighted by molar-refractivity contribution is 5.87. The number of Topliss-reactive ketones (excluding diaryl/α,β-unsaturated/α-hetero) is 1. The second-order valence-electron chi connectivity index (χ2n) is 10.0. The lowest BCUT2D eigenvalue weighted by Crippen LogP contribution is -2.56. The van der Waals surface area contributed by atoms with Gasteiger partial charge in [-0.3, -0.25) is 4.79 Å². The number of terminal acetylenes is 1. The number of rotatable bonds is 0. The van der Waals surface area contributed by atoms with E-state index < -0.39 is 5.60 Å². The Kier molecular flexibility index (Phi) is 3.54. The van der Waals surface area contributed by atoms with Crippen LogP contribution in [0.15, 0.2) is 0 Å². The van der Waals surface area contributed by atoms with E-state index >= 15 is 0 Å². The lowest BCUT2D eigenvalue weighted by molar-refractivity contribution is -0.149. The molecule has 0 amide bonds. The zero-order valence-corrected chi connectivity index (χ0v) is 15.5. The van der Waals surface area contributed by atoms with Gasteiger partial charge in [0, 0.05) is 11.8 Å². The predicted octanol–water partition coefficient (Wildman–Crippen LogP) is 4.21. The molecule has 4 aliphatic carbocycles. The highest BCUT2D eigenvalue weighted by atomic mass is 16.3. The van der Waals surface area contributed by atoms with Crippen LogP contribution in [0.5, 0.6) is 0 Å². The molecule has 2 nitrogen and oxygen atoms in total. The molecule has 4 aliphatic rings. The Morgan fingerprint density at radius 3 is 2.62 bits per heavy atom. The van der Waals surface area contributed by atoms with E-state index in [1.54, 1.807) is 0 Å². The molecule has 1 N–H and O–H groups in total. The highest BCUT2D eigenvalue weighted by Crippen LogP contribution is 2.67. The molecule has 0 aromatic rings. The van der Waals surface area contributed by atoms with E-state index in [0.29, 0.717) is 40.8 Å². The topological polar surface area (TPSA) is 37.3 Å². The first-order chi connectivity index (χ1) is 11.2. The summed E-state index contributed by atoms with van der Waals surface area (Å²) in [6, 6.07) is 0. The molecular weight excluding hydrogens is 296 g/mol. The van der Waals surface area contributed by atoms with Crippen LogP contribution in [0.25, 0.3) is 0 Å². The summed E-state index contributed by atoms with van der Waals surface area (Å²) in [7, 11) is 0. The normalized spacial score (nSPS) is 56.8. The fourth-order valence-electron chi connectivity index (χ4n) is 7.65. The Morgan fingerprint density at radius 2 is 1.92 bits per heavy atom. The predicted molar refractivity (Wildman–Crippen MR) is 95.1 cm³/mol. The van der Waals surface area contributed by atoms with Gasteiger partial charge in [-0.05, 0) is 80.0 Å². The maximum Gasteiger partial charge on any atom is 0.139 e. The summed E-state index contributed by atoms with van der Waals surface area (Å²) < 4.78 is 0. The third-order valence-electron chi connectivity index (χ3n) is 9.00. The Balaban J connectivity index is 1.65. The number of hydrogen-bond acceptors (Lipinski definition) is 2. The van der Waals surface area contributed by atoms with Crippen LogP contribution in [-0.4, -0.2) is 16.5 Å². The van der Waals surface area contributed by atoms with Crippen molar-refractivity contribution in [2.45, 2.75) is 77.7 Å². The van der Waals surface area contributed by atoms with Gasteiger partial charge in [-0.15, -0.1) is 6.42 Å². The largest absolute Gasteiger partial charge is 0.378 e. The van der Waals surface area contributed by atoms with Crippen LogP contribution in [0.3, 0.4) is 0 Å². The van der Waals surface area contributed by atoms with Crippen molar-refractivity contribution >= 4 is 5.78 Å². The molecule has 0 aromatic carbocycles. The molecule has 0 heterocycles. The van der Waals surface area contributed by atoms with Crippen molar-refractivity contribution in [1.29, 1.82) is 0 Å². The smallest absolute Gasteiger partial charge is 0.139 e. The SMILES string of the molecule is C#C[C@]1(O)CC[C@]2(C)C3CC[C@]4(C)C(=O)CC(C)C4C3CC[C@H]2C1. The second kappa shape index (κ2) is 5.10. The number of carbonyl (C=O) groups is 1. The van der Waals surface area contributed by atoms with Crippen LogP contribution in [0, 0.1) is 52.8 Å². The molecular formula is C22H32O2. The minimum Gasteiger partial charge on any atom is -0.378 e. The standard InChI is InChI=1S/C22H32O2/c1-5-22(24)11-10-20(3)15(13-22)6-7-16-17(20)8-9-21(4)18(23)12-14(2)19(16)21/h1,14-17,19,24H,6-13H2,2-4H3/t14?,15-,16?,17?,19?,20-,21+,22-/m0/s1. The molecule has 132 valence electrons. The van der Waals surface area contributed by atoms with Gasteiger partial charge in [0.2, 0.25) is 0 Å². The summed E-state index contributed by atoms with van der Waals surface area (Å²) in [5, 5.41) is 10.6. The molecule has 2 heteroatoms. The lowest BCUT2D eigenvalue weighted by atomic mass is 9.44. The van der Waals surface area contributed by atoms with Gasteiger partial charge < -0.3 is 5.11 Å². The lowest BCUT2D eigenvalue weighted by Gasteiger charge is -2.61. The Bertz CT molecular complexity index is 604. The summed E-state index contributed by atoms with van der Waals surface area (Å²) in [5.74, 6) is 6.27. The molecule has 0 spiro atoms. The van der Waals surface area contributed by atoms with Crippen LogP contribution in [0.4, 0.5) is 0 Å². The quantitative estimate of drug-likeness (QED) is 0.676. The van der Waals surface area contributed by atoms with E-state index in [9.17, 15) is 9.90 Å². The van der Waals surface area contributed by atoms with E-state index in [2.05, 4.69) is 26.7 Å². The summed E-state index contributed by atoms with van der Waals surface area (Å²) in [6.45, 7) is 7.03. The van der Waals surface area contributed by atoms with E-state index in [1.165, 1.54) is 19.3 Å². The molecule has 0 saturated heterocycles. The minimum atomic E-state index is -0.878. The molecule has 8 atom stereocenters. The maximum absolute atomic E-state index is 12.6. The number of hydrogen-bond donors (Lipinski definition) is 1. The Hall–Kier alpha value is -0.810. The number of aliphatic hydroxyl groups is 1. The highest BCUT2D eigenvalue weighted by Gasteiger charge is 2.62. The van der Waals surface area contributed by atoms with Gasteiger partial charge in [0.15, 0.2) is 0 Å². The molecule has 4 unspecified atom stereocenters. The van der Waals surface area contributed by atoms with Gasteiger partial charge in [-0.25, -0.2) is 0 Å². The molecule has 4 saturated carbocycles. The van der Waals surface area contributed by atoms with Crippen molar-refractivity contribution < 1.29 is 9.90 Å². The van der Waals surface area contributed by atoms with E-state index in [-0.39, 0.29) is 5.41 Å². The first-order valence-electron chi connectivity index (χ1n) is 9.97. The van der Waals surface area contributed by atoms with Crippen molar-refractivity contribution in [2.24, 2.45) is 40.4 Å². The molecule has 4 rings (SSSR count). The van der Waals surface area contributed by atoms with Gasteiger partial charge in [0.25, 0.3) is 0 Å². The first-order valence-corrected chi connectivity index (χ1v) is 9.97. The average molecular weight is 328 g/mol. The molecule has 0 radical (unpaired) electrons. The monoisotopic (exact) mass is 328 g/mol. The zero-order chi connectivity index (χ0) is 17.3. The van der Waals surface area contributed by atoms with Crippen molar-refractivity contribution in [3.8, 4) is 12.3 Å². The molecule has 0 bridgehead atoms. The van der Waals surface area contributed by atoms with Crippen molar-refractivity contribution in [2.75, 3.05) is 0 Å². The van der Waals surface area contributed by atoms with E-state index in [0.717, 1.165) is 32.1 Å². The third kappa shape index (κ3) is 2.03. The van der Waals surface area contributed by atoms with Crippen LogP contribution in [0.1, 0.15) is 72.1 Å². The van der Waals surface area contributed by atoms with E-state index in [4.69, 9.17) is 6.42 Å². The van der Waals surface area contributed by atoms with Crippen molar-refractivity contribution in [3.05, 3.63) is 0 Å². The number of fused-ring (bicyclic) bond motifs is 5. The maximum atomic E-state index is 12.6. The Morgan fingerprint density at radius 1 is 1.17 bits per heavy atom. The molecule has 0 aliphatic heterocycles. The van der Waals surface area contributed by atoms with Gasteiger partial charge in [0.1, 0.15) is 11.4 Å². The summed E-state index contributed by atoms with van der Waals surface area (Å²) >= 11 is 0.